The number of rotatable bonds is 12. The van der Waals surface area contributed by atoms with Crippen LogP contribution in [0.4, 0.5) is 13.2 Å². The van der Waals surface area contributed by atoms with Crippen LogP contribution in [-0.4, -0.2) is 74.2 Å². The van der Waals surface area contributed by atoms with Gasteiger partial charge in [-0.3, -0.25) is 4.79 Å². The van der Waals surface area contributed by atoms with Crippen molar-refractivity contribution in [1.82, 2.24) is 10.2 Å². The molecule has 1 fully saturated rings. The largest absolute Gasteiger partial charge is 0.486 e. The Morgan fingerprint density at radius 2 is 1.85 bits per heavy atom. The molecule has 0 radical (unpaired) electrons. The molecule has 0 spiro atoms. The highest BCUT2D eigenvalue weighted by Crippen LogP contribution is 2.33. The lowest BCUT2D eigenvalue weighted by atomic mass is 10.0. The molecule has 1 aromatic carbocycles. The maximum Gasteiger partial charge on any atom is 0.411 e. The summed E-state index contributed by atoms with van der Waals surface area (Å²) in [7, 11) is 0. The highest BCUT2D eigenvalue weighted by atomic mass is 19.4. The number of benzene rings is 1. The molecule has 186 valence electrons. The van der Waals surface area contributed by atoms with Crippen molar-refractivity contribution in [3.63, 3.8) is 0 Å². The van der Waals surface area contributed by atoms with E-state index in [1.54, 1.807) is 18.2 Å². The molecule has 33 heavy (non-hydrogen) atoms. The van der Waals surface area contributed by atoms with Crippen LogP contribution in [-0.2, 0) is 9.53 Å². The van der Waals surface area contributed by atoms with Crippen LogP contribution in [0.3, 0.4) is 0 Å². The molecular weight excluding hydrogens is 441 g/mol. The number of unbranched alkanes of at least 4 members (excludes halogenated alkanes) is 2. The second kappa shape index (κ2) is 12.4. The van der Waals surface area contributed by atoms with Gasteiger partial charge in [0, 0.05) is 19.6 Å². The average Bonchev–Trinajstić information content (AvgIpc) is 3.29. The molecule has 0 aliphatic carbocycles. The van der Waals surface area contributed by atoms with Crippen LogP contribution >= 0.6 is 0 Å². The third-order valence-corrected chi connectivity index (χ3v) is 5.75. The lowest BCUT2D eigenvalue weighted by molar-refractivity contribution is -0.174. The number of nitrogens with one attached hydrogen (secondary N) is 1. The summed E-state index contributed by atoms with van der Waals surface area (Å²) < 4.78 is 51.9. The van der Waals surface area contributed by atoms with E-state index in [0.717, 1.165) is 25.9 Å². The van der Waals surface area contributed by atoms with E-state index in [0.29, 0.717) is 56.1 Å². The first-order valence-electron chi connectivity index (χ1n) is 11.6. The maximum absolute atomic E-state index is 12.6. The second-order valence-corrected chi connectivity index (χ2v) is 8.51. The van der Waals surface area contributed by atoms with E-state index in [9.17, 15) is 23.1 Å². The minimum Gasteiger partial charge on any atom is -0.486 e. The van der Waals surface area contributed by atoms with Gasteiger partial charge in [-0.05, 0) is 56.5 Å². The van der Waals surface area contributed by atoms with Gasteiger partial charge in [-0.2, -0.15) is 13.2 Å². The monoisotopic (exact) mass is 474 g/mol. The van der Waals surface area contributed by atoms with Crippen molar-refractivity contribution in [3.8, 4) is 11.5 Å². The molecule has 2 aliphatic heterocycles. The molecule has 10 heteroatoms. The SMILES string of the molecule is O=C(CCCCCOCC(F)(F)F)N[C@H](CN1CCCC1)[C@H](O)c1ccc2c(c1)OCCO2. The first kappa shape index (κ1) is 25.6. The quantitative estimate of drug-likeness (QED) is 0.453. The molecular formula is C23H33F3N2O5. The molecule has 3 rings (SSSR count). The number of alkyl halides is 3. The number of fused-ring (bicyclic) bond motifs is 1. The first-order valence-corrected chi connectivity index (χ1v) is 11.6. The van der Waals surface area contributed by atoms with Crippen molar-refractivity contribution >= 4 is 5.91 Å². The van der Waals surface area contributed by atoms with E-state index in [-0.39, 0.29) is 18.9 Å². The van der Waals surface area contributed by atoms with Crippen molar-refractivity contribution in [2.45, 2.75) is 56.8 Å². The smallest absolute Gasteiger partial charge is 0.411 e. The summed E-state index contributed by atoms with van der Waals surface area (Å²) in [4.78, 5) is 14.8. The van der Waals surface area contributed by atoms with E-state index in [4.69, 9.17) is 9.47 Å². The third-order valence-electron chi connectivity index (χ3n) is 5.75. The van der Waals surface area contributed by atoms with Gasteiger partial charge in [0.05, 0.1) is 6.04 Å². The molecule has 2 aliphatic rings. The molecule has 0 bridgehead atoms. The summed E-state index contributed by atoms with van der Waals surface area (Å²) >= 11 is 0. The number of carbonyl (C=O) groups is 1. The van der Waals surface area contributed by atoms with E-state index in [2.05, 4.69) is 15.0 Å². The number of hydrogen-bond donors (Lipinski definition) is 2. The van der Waals surface area contributed by atoms with Crippen LogP contribution < -0.4 is 14.8 Å². The minimum atomic E-state index is -4.32. The summed E-state index contributed by atoms with van der Waals surface area (Å²) in [5.41, 5.74) is 0.644. The number of carbonyl (C=O) groups excluding carboxylic acids is 1. The van der Waals surface area contributed by atoms with E-state index < -0.39 is 24.9 Å². The Hall–Kier alpha value is -2.04. The normalized spacial score (nSPS) is 18.2. The van der Waals surface area contributed by atoms with Gasteiger partial charge < -0.3 is 29.5 Å². The molecule has 1 aromatic rings. The van der Waals surface area contributed by atoms with Crippen molar-refractivity contribution < 1.29 is 37.3 Å². The van der Waals surface area contributed by atoms with Crippen molar-refractivity contribution in [1.29, 1.82) is 0 Å². The number of aliphatic hydroxyl groups is 1. The predicted molar refractivity (Wildman–Crippen MR) is 115 cm³/mol. The molecule has 1 saturated heterocycles. The van der Waals surface area contributed by atoms with Crippen LogP contribution in [0.1, 0.15) is 50.2 Å². The van der Waals surface area contributed by atoms with Gasteiger partial charge in [0.15, 0.2) is 11.5 Å². The zero-order chi connectivity index (χ0) is 23.7. The van der Waals surface area contributed by atoms with Crippen LogP contribution in [0.15, 0.2) is 18.2 Å². The van der Waals surface area contributed by atoms with Gasteiger partial charge >= 0.3 is 6.18 Å². The Balaban J connectivity index is 1.49. The van der Waals surface area contributed by atoms with E-state index >= 15 is 0 Å². The van der Waals surface area contributed by atoms with E-state index in [1.165, 1.54) is 0 Å². The van der Waals surface area contributed by atoms with E-state index in [1.807, 2.05) is 0 Å². The highest BCUT2D eigenvalue weighted by molar-refractivity contribution is 5.76. The highest BCUT2D eigenvalue weighted by Gasteiger charge is 2.28. The zero-order valence-corrected chi connectivity index (χ0v) is 18.7. The minimum absolute atomic E-state index is 0.0154. The number of ether oxygens (including phenoxy) is 3. The molecule has 0 aromatic heterocycles. The van der Waals surface area contributed by atoms with Crippen molar-refractivity contribution in [2.75, 3.05) is 46.1 Å². The Bertz CT molecular complexity index is 756. The lowest BCUT2D eigenvalue weighted by Gasteiger charge is -2.29. The molecule has 2 heterocycles. The van der Waals surface area contributed by atoms with Gasteiger partial charge in [-0.1, -0.05) is 12.5 Å². The summed E-state index contributed by atoms with van der Waals surface area (Å²) in [5, 5.41) is 14.0. The van der Waals surface area contributed by atoms with Gasteiger partial charge in [0.1, 0.15) is 25.9 Å². The zero-order valence-electron chi connectivity index (χ0n) is 18.7. The number of aliphatic hydroxyl groups excluding tert-OH is 1. The van der Waals surface area contributed by atoms with Crippen molar-refractivity contribution in [3.05, 3.63) is 23.8 Å². The summed E-state index contributed by atoms with van der Waals surface area (Å²) in [5.74, 6) is 1.03. The second-order valence-electron chi connectivity index (χ2n) is 8.51. The Morgan fingerprint density at radius 3 is 2.58 bits per heavy atom. The number of likely N-dealkylation sites (tertiary alicyclic amines) is 1. The van der Waals surface area contributed by atoms with Gasteiger partial charge in [0.25, 0.3) is 0 Å². The lowest BCUT2D eigenvalue weighted by Crippen LogP contribution is -2.46. The molecule has 0 unspecified atom stereocenters. The average molecular weight is 475 g/mol. The van der Waals surface area contributed by atoms with Gasteiger partial charge in [-0.25, -0.2) is 0 Å². The number of nitrogens with zero attached hydrogens (tertiary/aromatic N) is 1. The van der Waals surface area contributed by atoms with Gasteiger partial charge in [0.2, 0.25) is 5.91 Å². The molecule has 0 saturated carbocycles. The standard InChI is InChI=1S/C23H33F3N2O5/c24-23(25,26)16-31-11-5-1-2-6-21(29)27-18(15-28-9-3-4-10-28)22(30)17-7-8-19-20(14-17)33-13-12-32-19/h7-8,14,18,22,30H,1-6,9-13,15-16H2,(H,27,29)/t18-,22-/m1/s1. The van der Waals surface area contributed by atoms with Crippen LogP contribution in [0.2, 0.25) is 0 Å². The Labute approximate surface area is 192 Å². The third kappa shape index (κ3) is 8.68. The predicted octanol–water partition coefficient (Wildman–Crippen LogP) is 3.21. The molecule has 2 N–H and O–H groups in total. The molecule has 7 nitrogen and oxygen atoms in total. The van der Waals surface area contributed by atoms with Gasteiger partial charge in [-0.15, -0.1) is 0 Å². The fourth-order valence-corrected chi connectivity index (χ4v) is 4.08. The first-order chi connectivity index (χ1) is 15.8. The summed E-state index contributed by atoms with van der Waals surface area (Å²) in [6, 6.07) is 4.81. The van der Waals surface area contributed by atoms with Crippen LogP contribution in [0, 0.1) is 0 Å². The number of hydrogen-bond acceptors (Lipinski definition) is 6. The van der Waals surface area contributed by atoms with Crippen LogP contribution in [0.25, 0.3) is 0 Å². The fourth-order valence-electron chi connectivity index (χ4n) is 4.08. The molecule has 2 atom stereocenters. The topological polar surface area (TPSA) is 80.3 Å². The summed E-state index contributed by atoms with van der Waals surface area (Å²) in [6.45, 7) is 2.09. The fraction of sp³-hybridized carbons (Fsp3) is 0.696. The Kier molecular flexibility index (Phi) is 9.64. The number of amides is 1. The summed E-state index contributed by atoms with van der Waals surface area (Å²) in [6.07, 6.45) is -1.22. The Morgan fingerprint density at radius 1 is 1.12 bits per heavy atom. The number of halogens is 3. The van der Waals surface area contributed by atoms with Crippen LogP contribution in [0.5, 0.6) is 11.5 Å². The molecule has 1 amide bonds. The maximum atomic E-state index is 12.6. The van der Waals surface area contributed by atoms with Crippen molar-refractivity contribution in [2.24, 2.45) is 0 Å².